The van der Waals surface area contributed by atoms with Crippen molar-refractivity contribution in [2.24, 2.45) is 5.73 Å². The van der Waals surface area contributed by atoms with Crippen LogP contribution in [0.25, 0.3) is 0 Å². The number of primary amides is 1. The van der Waals surface area contributed by atoms with Crippen molar-refractivity contribution in [1.29, 1.82) is 5.26 Å². The van der Waals surface area contributed by atoms with Gasteiger partial charge in [-0.25, -0.2) is 4.39 Å². The number of amides is 1. The second kappa shape index (κ2) is 5.45. The molecule has 0 saturated heterocycles. The monoisotopic (exact) mass is 273 g/mol. The fraction of sp³-hybridized carbons (Fsp3) is 0.143. The summed E-state index contributed by atoms with van der Waals surface area (Å²) >= 11 is 0. The van der Waals surface area contributed by atoms with Crippen LogP contribution >= 0.6 is 0 Å². The summed E-state index contributed by atoms with van der Waals surface area (Å²) in [4.78, 5) is 11.1. The molecule has 0 radical (unpaired) electrons. The van der Waals surface area contributed by atoms with Gasteiger partial charge < -0.3 is 15.5 Å². The largest absolute Gasteiger partial charge is 0.449 e. The molecule has 0 aliphatic heterocycles. The zero-order chi connectivity index (χ0) is 14.7. The van der Waals surface area contributed by atoms with Crippen molar-refractivity contribution < 1.29 is 13.6 Å². The molecule has 0 unspecified atom stereocenters. The molecule has 2 rings (SSSR count). The molecule has 1 amide bonds. The van der Waals surface area contributed by atoms with Crippen LogP contribution in [0, 0.1) is 24.1 Å². The van der Waals surface area contributed by atoms with Crippen molar-refractivity contribution in [2.75, 3.05) is 5.32 Å². The minimum Gasteiger partial charge on any atom is -0.449 e. The number of hydrogen-bond acceptors (Lipinski definition) is 4. The number of nitriles is 1. The fourth-order valence-corrected chi connectivity index (χ4v) is 1.72. The Labute approximate surface area is 114 Å². The van der Waals surface area contributed by atoms with Crippen LogP contribution in [-0.2, 0) is 6.54 Å². The summed E-state index contributed by atoms with van der Waals surface area (Å²) in [5.41, 5.74) is 6.06. The number of carbonyl (C=O) groups is 1. The van der Waals surface area contributed by atoms with E-state index in [9.17, 15) is 9.18 Å². The minimum absolute atomic E-state index is 0.0905. The number of rotatable bonds is 4. The molecule has 0 aliphatic carbocycles. The molecule has 1 aromatic heterocycles. The Morgan fingerprint density at radius 1 is 1.50 bits per heavy atom. The molecular formula is C14H12FN3O2. The van der Waals surface area contributed by atoms with Crippen LogP contribution in [0.5, 0.6) is 0 Å². The third kappa shape index (κ3) is 2.78. The van der Waals surface area contributed by atoms with Crippen LogP contribution < -0.4 is 11.1 Å². The van der Waals surface area contributed by atoms with E-state index in [0.717, 1.165) is 6.07 Å². The summed E-state index contributed by atoms with van der Waals surface area (Å²) < 4.78 is 18.9. The Hall–Kier alpha value is -2.81. The second-order valence-electron chi connectivity index (χ2n) is 4.23. The van der Waals surface area contributed by atoms with Gasteiger partial charge in [-0.05, 0) is 31.2 Å². The molecule has 0 saturated carbocycles. The van der Waals surface area contributed by atoms with Crippen LogP contribution in [0.3, 0.4) is 0 Å². The van der Waals surface area contributed by atoms with Gasteiger partial charge in [0.2, 0.25) is 11.7 Å². The van der Waals surface area contributed by atoms with Crippen LogP contribution in [0.4, 0.5) is 10.1 Å². The molecule has 0 aliphatic rings. The van der Waals surface area contributed by atoms with E-state index in [1.807, 2.05) is 6.07 Å². The molecule has 2 aromatic rings. The lowest BCUT2D eigenvalue weighted by molar-refractivity contribution is 0.1000. The molecule has 0 fully saturated rings. The fourth-order valence-electron chi connectivity index (χ4n) is 1.72. The van der Waals surface area contributed by atoms with Gasteiger partial charge in [0.15, 0.2) is 0 Å². The maximum atomic E-state index is 13.7. The van der Waals surface area contributed by atoms with E-state index in [2.05, 4.69) is 5.32 Å². The molecular weight excluding hydrogens is 261 g/mol. The first-order valence-electron chi connectivity index (χ1n) is 5.84. The van der Waals surface area contributed by atoms with E-state index in [0.29, 0.717) is 17.0 Å². The van der Waals surface area contributed by atoms with Gasteiger partial charge >= 0.3 is 0 Å². The number of carbonyl (C=O) groups excluding carboxylic acids is 1. The maximum Gasteiger partial charge on any atom is 0.248 e. The number of anilines is 1. The number of halogens is 1. The number of nitrogens with one attached hydrogen (secondary N) is 1. The van der Waals surface area contributed by atoms with Crippen LogP contribution in [0.1, 0.15) is 27.4 Å². The van der Waals surface area contributed by atoms with Gasteiger partial charge in [0.1, 0.15) is 17.6 Å². The smallest absolute Gasteiger partial charge is 0.248 e. The van der Waals surface area contributed by atoms with Crippen LogP contribution in [-0.4, -0.2) is 5.91 Å². The van der Waals surface area contributed by atoms with E-state index in [-0.39, 0.29) is 17.9 Å². The summed E-state index contributed by atoms with van der Waals surface area (Å²) in [6.45, 7) is 1.86. The maximum absolute atomic E-state index is 13.7. The zero-order valence-corrected chi connectivity index (χ0v) is 10.7. The molecule has 5 nitrogen and oxygen atoms in total. The molecule has 3 N–H and O–H groups in total. The Balaban J connectivity index is 2.20. The van der Waals surface area contributed by atoms with Crippen molar-refractivity contribution in [2.45, 2.75) is 13.5 Å². The van der Waals surface area contributed by atoms with Gasteiger partial charge in [-0.3, -0.25) is 4.79 Å². The first kappa shape index (κ1) is 13.6. The molecule has 0 atom stereocenters. The number of nitrogens with two attached hydrogens (primary N) is 1. The van der Waals surface area contributed by atoms with Crippen molar-refractivity contribution in [3.63, 3.8) is 0 Å². The molecule has 1 heterocycles. The predicted octanol–water partition coefficient (Wildman–Crippen LogP) is 2.31. The van der Waals surface area contributed by atoms with Gasteiger partial charge in [0.05, 0.1) is 6.54 Å². The molecule has 6 heteroatoms. The first-order valence-corrected chi connectivity index (χ1v) is 5.84. The highest BCUT2D eigenvalue weighted by Crippen LogP contribution is 2.21. The third-order valence-corrected chi connectivity index (χ3v) is 2.85. The lowest BCUT2D eigenvalue weighted by Crippen LogP contribution is -2.13. The van der Waals surface area contributed by atoms with E-state index >= 15 is 0 Å². The van der Waals surface area contributed by atoms with Crippen molar-refractivity contribution in [3.05, 3.63) is 52.7 Å². The number of hydrogen-bond donors (Lipinski definition) is 2. The molecule has 20 heavy (non-hydrogen) atoms. The van der Waals surface area contributed by atoms with E-state index < -0.39 is 11.7 Å². The van der Waals surface area contributed by atoms with Gasteiger partial charge in [-0.1, -0.05) is 0 Å². The number of furan rings is 1. The zero-order valence-electron chi connectivity index (χ0n) is 10.7. The second-order valence-corrected chi connectivity index (χ2v) is 4.23. The standard InChI is InChI=1S/C14H12FN3O2/c1-8-12(15)4-9(14(17)19)5-13(8)18-7-11-3-2-10(6-16)20-11/h2-5,18H,7H2,1H3,(H2,17,19). The SMILES string of the molecule is Cc1c(F)cc(C(N)=O)cc1NCc1ccc(C#N)o1. The quantitative estimate of drug-likeness (QED) is 0.894. The molecule has 0 bridgehead atoms. The van der Waals surface area contributed by atoms with Gasteiger partial charge in [-0.2, -0.15) is 5.26 Å². The van der Waals surface area contributed by atoms with Gasteiger partial charge in [0.25, 0.3) is 0 Å². The van der Waals surface area contributed by atoms with Crippen molar-refractivity contribution in [1.82, 2.24) is 0 Å². The Morgan fingerprint density at radius 3 is 2.85 bits per heavy atom. The highest BCUT2D eigenvalue weighted by Gasteiger charge is 2.11. The predicted molar refractivity (Wildman–Crippen MR) is 70.4 cm³/mol. The summed E-state index contributed by atoms with van der Waals surface area (Å²) in [7, 11) is 0. The summed E-state index contributed by atoms with van der Waals surface area (Å²) in [5, 5.41) is 11.6. The lowest BCUT2D eigenvalue weighted by Gasteiger charge is -2.10. The van der Waals surface area contributed by atoms with Gasteiger partial charge in [0, 0.05) is 16.8 Å². The topological polar surface area (TPSA) is 92.0 Å². The Kier molecular flexibility index (Phi) is 3.71. The first-order chi connectivity index (χ1) is 9.51. The Bertz CT molecular complexity index is 701. The highest BCUT2D eigenvalue weighted by molar-refractivity contribution is 5.94. The van der Waals surface area contributed by atoms with Crippen molar-refractivity contribution >= 4 is 11.6 Å². The van der Waals surface area contributed by atoms with E-state index in [1.54, 1.807) is 19.1 Å². The van der Waals surface area contributed by atoms with Crippen molar-refractivity contribution in [3.8, 4) is 6.07 Å². The lowest BCUT2D eigenvalue weighted by atomic mass is 10.1. The van der Waals surface area contributed by atoms with E-state index in [4.69, 9.17) is 15.4 Å². The highest BCUT2D eigenvalue weighted by atomic mass is 19.1. The van der Waals surface area contributed by atoms with Crippen LogP contribution in [0.15, 0.2) is 28.7 Å². The third-order valence-electron chi connectivity index (χ3n) is 2.85. The molecule has 0 spiro atoms. The summed E-state index contributed by atoms with van der Waals surface area (Å²) in [6.07, 6.45) is 0. The number of benzene rings is 1. The van der Waals surface area contributed by atoms with E-state index in [1.165, 1.54) is 6.07 Å². The summed E-state index contributed by atoms with van der Waals surface area (Å²) in [6, 6.07) is 7.65. The minimum atomic E-state index is -0.697. The number of nitrogens with zero attached hydrogens (tertiary/aromatic N) is 1. The van der Waals surface area contributed by atoms with Gasteiger partial charge in [-0.15, -0.1) is 0 Å². The normalized spacial score (nSPS) is 10.1. The molecule has 102 valence electrons. The van der Waals surface area contributed by atoms with Crippen LogP contribution in [0.2, 0.25) is 0 Å². The average Bonchev–Trinajstić information content (AvgIpc) is 2.88. The molecule has 1 aromatic carbocycles. The average molecular weight is 273 g/mol. The Morgan fingerprint density at radius 2 is 2.25 bits per heavy atom. The summed E-state index contributed by atoms with van der Waals surface area (Å²) in [5.74, 6) is -0.473.